The molecule has 3 aromatic rings. The number of rotatable bonds is 4. The summed E-state index contributed by atoms with van der Waals surface area (Å²) in [4.78, 5) is 0. The maximum Gasteiger partial charge on any atom is 0.143 e. The predicted octanol–water partition coefficient (Wildman–Crippen LogP) is 5.80. The Bertz CT molecular complexity index is 995. The van der Waals surface area contributed by atoms with Crippen LogP contribution in [0.15, 0.2) is 84.9 Å². The lowest BCUT2D eigenvalue weighted by Gasteiger charge is -2.38. The first-order chi connectivity index (χ1) is 13.8. The third-order valence-electron chi connectivity index (χ3n) is 5.85. The van der Waals surface area contributed by atoms with Gasteiger partial charge >= 0.3 is 0 Å². The highest BCUT2D eigenvalue weighted by Crippen LogP contribution is 2.52. The zero-order valence-corrected chi connectivity index (χ0v) is 15.6. The van der Waals surface area contributed by atoms with Gasteiger partial charge in [0, 0.05) is 5.92 Å². The van der Waals surface area contributed by atoms with Crippen LogP contribution in [0.25, 0.3) is 0 Å². The lowest BCUT2D eigenvalue weighted by molar-refractivity contribution is 0.304. The minimum absolute atomic E-state index is 0.189. The molecule has 2 aliphatic rings. The molecular formula is C25H23NO2. The zero-order valence-electron chi connectivity index (χ0n) is 15.6. The van der Waals surface area contributed by atoms with Gasteiger partial charge in [-0.05, 0) is 47.2 Å². The Morgan fingerprint density at radius 1 is 0.929 bits per heavy atom. The van der Waals surface area contributed by atoms with Crippen molar-refractivity contribution in [2.45, 2.75) is 25.0 Å². The Labute approximate surface area is 165 Å². The van der Waals surface area contributed by atoms with E-state index in [1.807, 2.05) is 36.4 Å². The van der Waals surface area contributed by atoms with Gasteiger partial charge in [0.2, 0.25) is 0 Å². The summed E-state index contributed by atoms with van der Waals surface area (Å²) in [6, 6.07) is 24.3. The average molecular weight is 369 g/mol. The molecule has 2 N–H and O–H groups in total. The largest absolute Gasteiger partial charge is 0.508 e. The number of nitrogens with one attached hydrogen (secondary N) is 1. The zero-order chi connectivity index (χ0) is 18.9. The molecule has 3 heteroatoms. The van der Waals surface area contributed by atoms with Crippen molar-refractivity contribution in [3.8, 4) is 11.5 Å². The van der Waals surface area contributed by atoms with Crippen LogP contribution in [0.3, 0.4) is 0 Å². The van der Waals surface area contributed by atoms with Gasteiger partial charge in [0.05, 0.1) is 11.7 Å². The Balaban J connectivity index is 1.49. The van der Waals surface area contributed by atoms with Gasteiger partial charge in [0.1, 0.15) is 18.1 Å². The number of hydrogen-bond donors (Lipinski definition) is 2. The van der Waals surface area contributed by atoms with E-state index in [1.54, 1.807) is 12.1 Å². The molecular weight excluding hydrogens is 346 g/mol. The quantitative estimate of drug-likeness (QED) is 0.571. The van der Waals surface area contributed by atoms with Gasteiger partial charge in [-0.3, -0.25) is 0 Å². The van der Waals surface area contributed by atoms with Gasteiger partial charge in [-0.2, -0.15) is 0 Å². The molecule has 1 heterocycles. The summed E-state index contributed by atoms with van der Waals surface area (Å²) in [5.41, 5.74) is 4.74. The van der Waals surface area contributed by atoms with E-state index in [0.717, 1.165) is 23.4 Å². The molecule has 0 amide bonds. The molecule has 3 aromatic carbocycles. The molecule has 28 heavy (non-hydrogen) atoms. The van der Waals surface area contributed by atoms with E-state index < -0.39 is 0 Å². The van der Waals surface area contributed by atoms with Crippen LogP contribution in [0.4, 0.5) is 5.69 Å². The minimum atomic E-state index is 0.189. The number of ether oxygens (including phenoxy) is 1. The summed E-state index contributed by atoms with van der Waals surface area (Å²) in [6.45, 7) is 0.548. The molecule has 0 saturated carbocycles. The Morgan fingerprint density at radius 3 is 2.57 bits per heavy atom. The molecule has 0 fully saturated rings. The molecule has 1 aliphatic heterocycles. The van der Waals surface area contributed by atoms with Crippen molar-refractivity contribution in [1.29, 1.82) is 0 Å². The van der Waals surface area contributed by atoms with Crippen molar-refractivity contribution in [3.05, 3.63) is 102 Å². The van der Waals surface area contributed by atoms with E-state index in [2.05, 4.69) is 41.7 Å². The molecule has 0 radical (unpaired) electrons. The first-order valence-electron chi connectivity index (χ1n) is 9.81. The second-order valence-electron chi connectivity index (χ2n) is 7.56. The number of aromatic hydroxyl groups is 1. The van der Waals surface area contributed by atoms with Gasteiger partial charge in [-0.15, -0.1) is 0 Å². The fourth-order valence-electron chi connectivity index (χ4n) is 4.46. The molecule has 3 unspecified atom stereocenters. The van der Waals surface area contributed by atoms with E-state index in [4.69, 9.17) is 4.74 Å². The highest BCUT2D eigenvalue weighted by atomic mass is 16.5. The second kappa shape index (κ2) is 7.08. The van der Waals surface area contributed by atoms with Gasteiger partial charge in [-0.25, -0.2) is 0 Å². The highest BCUT2D eigenvalue weighted by Gasteiger charge is 2.38. The lowest BCUT2D eigenvalue weighted by Crippen LogP contribution is -2.29. The normalized spacial score (nSPS) is 22.2. The molecule has 5 rings (SSSR count). The van der Waals surface area contributed by atoms with Crippen molar-refractivity contribution in [1.82, 2.24) is 0 Å². The number of phenolic OH excluding ortho intramolecular Hbond substituents is 1. The van der Waals surface area contributed by atoms with E-state index >= 15 is 0 Å². The van der Waals surface area contributed by atoms with Crippen LogP contribution in [-0.4, -0.2) is 5.11 Å². The number of phenols is 1. The van der Waals surface area contributed by atoms with E-state index in [0.29, 0.717) is 24.2 Å². The van der Waals surface area contributed by atoms with Crippen LogP contribution in [0.2, 0.25) is 0 Å². The van der Waals surface area contributed by atoms with E-state index in [-0.39, 0.29) is 6.04 Å². The molecule has 0 spiro atoms. The first-order valence-corrected chi connectivity index (χ1v) is 9.81. The predicted molar refractivity (Wildman–Crippen MR) is 112 cm³/mol. The summed E-state index contributed by atoms with van der Waals surface area (Å²) in [5.74, 6) is 2.05. The van der Waals surface area contributed by atoms with Gasteiger partial charge in [0.25, 0.3) is 0 Å². The van der Waals surface area contributed by atoms with Gasteiger partial charge in [-0.1, -0.05) is 66.7 Å². The molecule has 1 aliphatic carbocycles. The summed E-state index contributed by atoms with van der Waals surface area (Å²) in [7, 11) is 0. The second-order valence-corrected chi connectivity index (χ2v) is 7.56. The van der Waals surface area contributed by atoms with Crippen molar-refractivity contribution in [3.63, 3.8) is 0 Å². The van der Waals surface area contributed by atoms with Crippen LogP contribution in [0.1, 0.15) is 35.1 Å². The number of anilines is 1. The monoisotopic (exact) mass is 369 g/mol. The topological polar surface area (TPSA) is 41.5 Å². The lowest BCUT2D eigenvalue weighted by atomic mass is 9.77. The van der Waals surface area contributed by atoms with Crippen LogP contribution < -0.4 is 10.1 Å². The number of hydrogen-bond acceptors (Lipinski definition) is 3. The Hall–Kier alpha value is -3.20. The number of fused-ring (bicyclic) bond motifs is 3. The molecule has 0 bridgehead atoms. The van der Waals surface area contributed by atoms with Crippen molar-refractivity contribution in [2.24, 2.45) is 5.92 Å². The maximum atomic E-state index is 9.67. The molecule has 140 valence electrons. The fourth-order valence-corrected chi connectivity index (χ4v) is 4.46. The number of benzene rings is 3. The summed E-state index contributed by atoms with van der Waals surface area (Å²) >= 11 is 0. The van der Waals surface area contributed by atoms with Crippen LogP contribution >= 0.6 is 0 Å². The number of para-hydroxylation sites is 1. The van der Waals surface area contributed by atoms with Crippen LogP contribution in [-0.2, 0) is 6.61 Å². The Kier molecular flexibility index (Phi) is 4.28. The Morgan fingerprint density at radius 2 is 1.75 bits per heavy atom. The number of allylic oxidation sites excluding steroid dienone is 2. The van der Waals surface area contributed by atoms with Crippen molar-refractivity contribution in [2.75, 3.05) is 5.32 Å². The molecule has 0 aromatic heterocycles. The summed E-state index contributed by atoms with van der Waals surface area (Å²) in [6.07, 6.45) is 5.67. The third-order valence-corrected chi connectivity index (χ3v) is 5.85. The fraction of sp³-hybridized carbons (Fsp3) is 0.200. The van der Waals surface area contributed by atoms with E-state index in [1.165, 1.54) is 11.1 Å². The summed E-state index contributed by atoms with van der Waals surface area (Å²) < 4.78 is 6.22. The van der Waals surface area contributed by atoms with Crippen LogP contribution in [0.5, 0.6) is 11.5 Å². The standard InChI is InChI=1S/C25H23NO2/c27-19-14-12-18(13-15-19)24-21-9-4-8-20(21)22-10-5-11-23(25(22)26-24)28-16-17-6-2-1-3-7-17/h1-8,10-15,20-21,24,26-27H,9,16H2. The minimum Gasteiger partial charge on any atom is -0.508 e. The molecule has 0 saturated heterocycles. The van der Waals surface area contributed by atoms with Crippen LogP contribution in [0, 0.1) is 5.92 Å². The van der Waals surface area contributed by atoms with Crippen molar-refractivity contribution < 1.29 is 9.84 Å². The highest BCUT2D eigenvalue weighted by molar-refractivity contribution is 5.67. The first kappa shape index (κ1) is 16.9. The van der Waals surface area contributed by atoms with Crippen molar-refractivity contribution >= 4 is 5.69 Å². The average Bonchev–Trinajstić information content (AvgIpc) is 3.23. The molecule has 3 atom stereocenters. The third kappa shape index (κ3) is 3.03. The van der Waals surface area contributed by atoms with Gasteiger partial charge in [0.15, 0.2) is 0 Å². The summed E-state index contributed by atoms with van der Waals surface area (Å²) in [5, 5.41) is 13.4. The van der Waals surface area contributed by atoms with E-state index in [9.17, 15) is 5.11 Å². The SMILES string of the molecule is Oc1ccc(C2Nc3c(OCc4ccccc4)cccc3C3C=CCC32)cc1. The maximum absolute atomic E-state index is 9.67. The van der Waals surface area contributed by atoms with Gasteiger partial charge < -0.3 is 15.2 Å². The molecule has 3 nitrogen and oxygen atoms in total. The smallest absolute Gasteiger partial charge is 0.143 e.